The van der Waals surface area contributed by atoms with Crippen LogP contribution in [0.1, 0.15) is 35.3 Å². The van der Waals surface area contributed by atoms with Gasteiger partial charge in [0.05, 0.1) is 11.7 Å². The van der Waals surface area contributed by atoms with Crippen LogP contribution in [0.2, 0.25) is 0 Å². The van der Waals surface area contributed by atoms with Gasteiger partial charge in [-0.25, -0.2) is 4.98 Å². The second-order valence-electron chi connectivity index (χ2n) is 7.11. The summed E-state index contributed by atoms with van der Waals surface area (Å²) >= 11 is 1.32. The molecule has 7 heteroatoms. The van der Waals surface area contributed by atoms with Gasteiger partial charge in [-0.3, -0.25) is 14.7 Å². The number of carbonyl (C=O) groups is 2. The number of Topliss-reactive ketones (excluding diaryl/α,β-unsaturated/α-hetero) is 1. The van der Waals surface area contributed by atoms with E-state index < -0.39 is 0 Å². The van der Waals surface area contributed by atoms with Gasteiger partial charge in [0, 0.05) is 23.9 Å². The Labute approximate surface area is 173 Å². The van der Waals surface area contributed by atoms with E-state index in [9.17, 15) is 9.59 Å². The molecule has 0 aliphatic carbocycles. The summed E-state index contributed by atoms with van der Waals surface area (Å²) in [6.07, 6.45) is 1.33. The highest BCUT2D eigenvalue weighted by Gasteiger charge is 2.26. The summed E-state index contributed by atoms with van der Waals surface area (Å²) in [6, 6.07) is 13.6. The second-order valence-corrected chi connectivity index (χ2v) is 8.42. The maximum absolute atomic E-state index is 12.9. The number of rotatable bonds is 6. The Kier molecular flexibility index (Phi) is 5.24. The van der Waals surface area contributed by atoms with Crippen LogP contribution in [0, 0.1) is 0 Å². The number of carbonyl (C=O) groups excluding carboxylic acids is 2. The molecule has 29 heavy (non-hydrogen) atoms. The molecule has 1 N–H and O–H groups in total. The van der Waals surface area contributed by atoms with Crippen molar-refractivity contribution in [2.75, 3.05) is 11.9 Å². The van der Waals surface area contributed by atoms with Crippen LogP contribution in [0.3, 0.4) is 0 Å². The first-order chi connectivity index (χ1) is 14.0. The van der Waals surface area contributed by atoms with Gasteiger partial charge >= 0.3 is 0 Å². The van der Waals surface area contributed by atoms with E-state index in [1.807, 2.05) is 31.2 Å². The van der Waals surface area contributed by atoms with Gasteiger partial charge in [-0.05, 0) is 42.7 Å². The molecule has 0 spiro atoms. The first-order valence-electron chi connectivity index (χ1n) is 9.58. The van der Waals surface area contributed by atoms with Crippen molar-refractivity contribution in [1.82, 2.24) is 15.2 Å². The van der Waals surface area contributed by atoms with Gasteiger partial charge in [0.2, 0.25) is 11.1 Å². The molecule has 4 rings (SSSR count). The average molecular weight is 407 g/mol. The molecule has 0 saturated carbocycles. The summed E-state index contributed by atoms with van der Waals surface area (Å²) in [7, 11) is 1.75. The van der Waals surface area contributed by atoms with Crippen LogP contribution in [-0.4, -0.2) is 39.2 Å². The Morgan fingerprint density at radius 2 is 2.00 bits per heavy atom. The number of ketones is 1. The van der Waals surface area contributed by atoms with E-state index >= 15 is 0 Å². The molecule has 2 aromatic carbocycles. The van der Waals surface area contributed by atoms with Crippen molar-refractivity contribution in [3.8, 4) is 11.4 Å². The number of amides is 1. The summed E-state index contributed by atoms with van der Waals surface area (Å²) in [4.78, 5) is 30.9. The van der Waals surface area contributed by atoms with Crippen LogP contribution in [-0.2, 0) is 17.6 Å². The largest absolute Gasteiger partial charge is 0.315 e. The van der Waals surface area contributed by atoms with Gasteiger partial charge in [0.15, 0.2) is 11.6 Å². The zero-order chi connectivity index (χ0) is 20.5. The van der Waals surface area contributed by atoms with Gasteiger partial charge in [0.1, 0.15) is 0 Å². The van der Waals surface area contributed by atoms with Crippen LogP contribution in [0.5, 0.6) is 0 Å². The first-order valence-corrected chi connectivity index (χ1v) is 10.5. The molecule has 1 amide bonds. The van der Waals surface area contributed by atoms with Crippen LogP contribution < -0.4 is 4.90 Å². The molecule has 0 bridgehead atoms. The van der Waals surface area contributed by atoms with Crippen molar-refractivity contribution in [3.05, 3.63) is 59.2 Å². The number of benzene rings is 2. The minimum Gasteiger partial charge on any atom is -0.315 e. The van der Waals surface area contributed by atoms with E-state index in [-0.39, 0.29) is 16.9 Å². The number of likely N-dealkylation sites (N-methyl/N-ethyl adjacent to an activating group) is 1. The third-order valence-electron chi connectivity index (χ3n) is 5.19. The van der Waals surface area contributed by atoms with E-state index in [2.05, 4.69) is 34.2 Å². The molecule has 6 nitrogen and oxygen atoms in total. The molecule has 0 saturated heterocycles. The lowest BCUT2D eigenvalue weighted by Gasteiger charge is -2.12. The quantitative estimate of drug-likeness (QED) is 0.496. The number of anilines is 1. The van der Waals surface area contributed by atoms with Crippen molar-refractivity contribution in [1.29, 1.82) is 0 Å². The Morgan fingerprint density at radius 3 is 2.72 bits per heavy atom. The highest BCUT2D eigenvalue weighted by Crippen LogP contribution is 2.30. The fourth-order valence-electron chi connectivity index (χ4n) is 3.40. The Bertz CT molecular complexity index is 1070. The van der Waals surface area contributed by atoms with E-state index in [4.69, 9.17) is 0 Å². The molecule has 148 valence electrons. The Hall–Kier alpha value is -2.93. The number of hydrogen-bond donors (Lipinski definition) is 1. The fraction of sp³-hybridized carbons (Fsp3) is 0.273. The first kappa shape index (κ1) is 19.4. The molecule has 1 aromatic heterocycles. The van der Waals surface area contributed by atoms with Gasteiger partial charge in [-0.1, -0.05) is 43.0 Å². The number of aryl methyl sites for hydroxylation is 1. The van der Waals surface area contributed by atoms with Crippen LogP contribution in [0.25, 0.3) is 11.4 Å². The minimum atomic E-state index is -0.339. The van der Waals surface area contributed by atoms with Crippen molar-refractivity contribution in [2.24, 2.45) is 0 Å². The molecule has 2 heterocycles. The number of H-pyrrole nitrogens is 1. The van der Waals surface area contributed by atoms with Gasteiger partial charge in [-0.15, -0.1) is 5.10 Å². The molecule has 0 radical (unpaired) electrons. The van der Waals surface area contributed by atoms with Crippen LogP contribution in [0.4, 0.5) is 5.69 Å². The second kappa shape index (κ2) is 7.83. The zero-order valence-corrected chi connectivity index (χ0v) is 17.4. The third-order valence-corrected chi connectivity index (χ3v) is 6.15. The maximum atomic E-state index is 12.9. The molecule has 1 aliphatic rings. The summed E-state index contributed by atoms with van der Waals surface area (Å²) in [5.41, 5.74) is 4.62. The lowest BCUT2D eigenvalue weighted by molar-refractivity contribution is -0.117. The number of hydrogen-bond acceptors (Lipinski definition) is 5. The number of fused-ring (bicyclic) bond motifs is 1. The minimum absolute atomic E-state index is 0.00143. The van der Waals surface area contributed by atoms with Crippen LogP contribution >= 0.6 is 11.8 Å². The highest BCUT2D eigenvalue weighted by molar-refractivity contribution is 8.00. The van der Waals surface area contributed by atoms with Crippen molar-refractivity contribution >= 4 is 29.1 Å². The molecule has 1 atom stereocenters. The zero-order valence-electron chi connectivity index (χ0n) is 16.6. The monoisotopic (exact) mass is 406 g/mol. The SMILES string of the molecule is CCc1ccc(-c2nc(SC(C)C(=O)c3ccc4c(c3)CC(=O)N4C)n[nH]2)cc1. The number of nitrogens with zero attached hydrogens (tertiary/aromatic N) is 3. The topological polar surface area (TPSA) is 79.0 Å². The number of aromatic nitrogens is 3. The molecule has 1 aliphatic heterocycles. The van der Waals surface area contributed by atoms with Crippen molar-refractivity contribution in [3.63, 3.8) is 0 Å². The molecular formula is C22H22N4O2S. The van der Waals surface area contributed by atoms with Crippen molar-refractivity contribution in [2.45, 2.75) is 37.1 Å². The standard InChI is InChI=1S/C22H22N4O2S/c1-4-14-5-7-15(8-6-14)21-23-22(25-24-21)29-13(2)20(28)16-9-10-18-17(11-16)12-19(27)26(18)3/h5-11,13H,4,12H2,1-3H3,(H,23,24,25). The molecule has 1 unspecified atom stereocenters. The molecule has 3 aromatic rings. The van der Waals surface area contributed by atoms with Gasteiger partial charge in [-0.2, -0.15) is 0 Å². The number of nitrogens with one attached hydrogen (secondary N) is 1. The summed E-state index contributed by atoms with van der Waals surface area (Å²) in [6.45, 7) is 3.97. The summed E-state index contributed by atoms with van der Waals surface area (Å²) in [5.74, 6) is 0.736. The van der Waals surface area contributed by atoms with E-state index in [0.29, 0.717) is 23.0 Å². The van der Waals surface area contributed by atoms with Gasteiger partial charge in [0.25, 0.3) is 0 Å². The average Bonchev–Trinajstić information content (AvgIpc) is 3.31. The lowest BCUT2D eigenvalue weighted by atomic mass is 10.0. The fourth-order valence-corrected chi connectivity index (χ4v) is 4.20. The van der Waals surface area contributed by atoms with E-state index in [1.165, 1.54) is 17.3 Å². The normalized spacial score (nSPS) is 14.2. The number of thioether (sulfide) groups is 1. The third kappa shape index (κ3) is 3.82. The number of aromatic amines is 1. The summed E-state index contributed by atoms with van der Waals surface area (Å²) < 4.78 is 0. The smallest absolute Gasteiger partial charge is 0.231 e. The molecular weight excluding hydrogens is 384 g/mol. The predicted molar refractivity (Wildman–Crippen MR) is 114 cm³/mol. The van der Waals surface area contributed by atoms with E-state index in [1.54, 1.807) is 18.0 Å². The predicted octanol–water partition coefficient (Wildman–Crippen LogP) is 3.92. The Balaban J connectivity index is 1.46. The van der Waals surface area contributed by atoms with Crippen LogP contribution in [0.15, 0.2) is 47.6 Å². The van der Waals surface area contributed by atoms with Crippen molar-refractivity contribution < 1.29 is 9.59 Å². The van der Waals surface area contributed by atoms with Gasteiger partial charge < -0.3 is 4.90 Å². The Morgan fingerprint density at radius 1 is 1.24 bits per heavy atom. The summed E-state index contributed by atoms with van der Waals surface area (Å²) in [5, 5.41) is 7.40. The lowest BCUT2D eigenvalue weighted by Crippen LogP contribution is -2.20. The maximum Gasteiger partial charge on any atom is 0.231 e. The van der Waals surface area contributed by atoms with E-state index in [0.717, 1.165) is 23.2 Å². The highest BCUT2D eigenvalue weighted by atomic mass is 32.2. The molecule has 0 fully saturated rings.